The van der Waals surface area contributed by atoms with Gasteiger partial charge in [-0.15, -0.1) is 0 Å². The van der Waals surface area contributed by atoms with Crippen molar-refractivity contribution in [1.29, 1.82) is 0 Å². The summed E-state index contributed by atoms with van der Waals surface area (Å²) in [7, 11) is 0. The van der Waals surface area contributed by atoms with Gasteiger partial charge in [0.2, 0.25) is 0 Å². The first-order valence-corrected chi connectivity index (χ1v) is 5.95. The molecule has 1 aliphatic heterocycles. The van der Waals surface area contributed by atoms with E-state index in [1.54, 1.807) is 0 Å². The van der Waals surface area contributed by atoms with E-state index >= 15 is 0 Å². The summed E-state index contributed by atoms with van der Waals surface area (Å²) in [6.07, 6.45) is 5.15. The largest absolute Gasteiger partial charge is 0.379 e. The van der Waals surface area contributed by atoms with Crippen LogP contribution in [0.15, 0.2) is 0 Å². The van der Waals surface area contributed by atoms with Crippen LogP contribution in [-0.2, 0) is 4.74 Å². The van der Waals surface area contributed by atoms with Crippen LogP contribution in [0.25, 0.3) is 0 Å². The van der Waals surface area contributed by atoms with Crippen LogP contribution in [0.5, 0.6) is 0 Å². The number of nitrogens with one attached hydrogen (secondary N) is 2. The van der Waals surface area contributed by atoms with Gasteiger partial charge in [0.05, 0.1) is 13.2 Å². The molecule has 0 spiro atoms. The van der Waals surface area contributed by atoms with E-state index in [0.717, 1.165) is 26.3 Å². The maximum absolute atomic E-state index is 5.39. The lowest BCUT2D eigenvalue weighted by Gasteiger charge is -2.23. The molecule has 0 amide bonds. The number of unbranched alkanes of at least 4 members (excludes halogenated alkanes) is 2. The summed E-state index contributed by atoms with van der Waals surface area (Å²) in [6.45, 7) is 7.30. The average molecular weight is 200 g/mol. The lowest BCUT2D eigenvalue weighted by atomic mass is 10.2. The van der Waals surface area contributed by atoms with Crippen molar-refractivity contribution >= 4 is 0 Å². The van der Waals surface area contributed by atoms with Crippen molar-refractivity contribution in [2.45, 2.75) is 38.6 Å². The Balaban J connectivity index is 1.82. The lowest BCUT2D eigenvalue weighted by molar-refractivity contribution is 0.0743. The Bertz CT molecular complexity index is 124. The van der Waals surface area contributed by atoms with Gasteiger partial charge in [-0.3, -0.25) is 0 Å². The molecule has 14 heavy (non-hydrogen) atoms. The molecule has 0 aromatic carbocycles. The molecule has 0 aliphatic carbocycles. The third kappa shape index (κ3) is 5.58. The molecule has 0 aromatic rings. The number of hydrogen-bond donors (Lipinski definition) is 2. The number of morpholine rings is 1. The molecule has 1 saturated heterocycles. The molecule has 0 radical (unpaired) electrons. The molecule has 84 valence electrons. The molecule has 0 bridgehead atoms. The third-order valence-corrected chi connectivity index (χ3v) is 2.63. The first-order chi connectivity index (χ1) is 6.93. The average Bonchev–Trinajstić information content (AvgIpc) is 2.25. The third-order valence-electron chi connectivity index (χ3n) is 2.63. The second-order valence-electron chi connectivity index (χ2n) is 3.97. The molecule has 1 atom stereocenters. The van der Waals surface area contributed by atoms with Crippen molar-refractivity contribution < 1.29 is 4.74 Å². The molecule has 1 fully saturated rings. The van der Waals surface area contributed by atoms with E-state index in [9.17, 15) is 0 Å². The normalized spacial score (nSPS) is 22.5. The Kier molecular flexibility index (Phi) is 7.01. The van der Waals surface area contributed by atoms with Crippen LogP contribution >= 0.6 is 0 Å². The highest BCUT2D eigenvalue weighted by molar-refractivity contribution is 4.70. The monoisotopic (exact) mass is 200 g/mol. The van der Waals surface area contributed by atoms with Crippen LogP contribution in [0.3, 0.4) is 0 Å². The van der Waals surface area contributed by atoms with Crippen molar-refractivity contribution in [2.75, 3.05) is 32.8 Å². The number of hydrogen-bond acceptors (Lipinski definition) is 3. The van der Waals surface area contributed by atoms with Crippen molar-refractivity contribution in [2.24, 2.45) is 0 Å². The van der Waals surface area contributed by atoms with Gasteiger partial charge in [-0.2, -0.15) is 0 Å². The standard InChI is InChI=1S/C11H24N2O/c1-2-3-4-6-12-7-5-11-10-14-9-8-13-11/h11-13H,2-10H2,1H3. The number of ether oxygens (including phenoxy) is 1. The van der Waals surface area contributed by atoms with E-state index in [0.29, 0.717) is 6.04 Å². The maximum Gasteiger partial charge on any atom is 0.0620 e. The lowest BCUT2D eigenvalue weighted by Crippen LogP contribution is -2.42. The van der Waals surface area contributed by atoms with Crippen LogP contribution in [0, 0.1) is 0 Å². The molecule has 0 saturated carbocycles. The molecule has 1 unspecified atom stereocenters. The molecular formula is C11H24N2O. The highest BCUT2D eigenvalue weighted by atomic mass is 16.5. The highest BCUT2D eigenvalue weighted by Gasteiger charge is 2.11. The van der Waals surface area contributed by atoms with Gasteiger partial charge in [0.25, 0.3) is 0 Å². The topological polar surface area (TPSA) is 33.3 Å². The Morgan fingerprint density at radius 3 is 3.00 bits per heavy atom. The molecular weight excluding hydrogens is 176 g/mol. The van der Waals surface area contributed by atoms with E-state index in [2.05, 4.69) is 17.6 Å². The maximum atomic E-state index is 5.39. The summed E-state index contributed by atoms with van der Waals surface area (Å²) >= 11 is 0. The van der Waals surface area contributed by atoms with Gasteiger partial charge in [-0.05, 0) is 25.9 Å². The van der Waals surface area contributed by atoms with Crippen molar-refractivity contribution in [3.8, 4) is 0 Å². The molecule has 1 rings (SSSR count). The van der Waals surface area contributed by atoms with Gasteiger partial charge in [0.1, 0.15) is 0 Å². The molecule has 1 heterocycles. The second kappa shape index (κ2) is 8.21. The zero-order chi connectivity index (χ0) is 10.1. The van der Waals surface area contributed by atoms with Crippen LogP contribution in [0.1, 0.15) is 32.6 Å². The van der Waals surface area contributed by atoms with Gasteiger partial charge in [-0.1, -0.05) is 19.8 Å². The summed E-state index contributed by atoms with van der Waals surface area (Å²) in [5, 5.41) is 6.93. The van der Waals surface area contributed by atoms with E-state index in [-0.39, 0.29) is 0 Å². The smallest absolute Gasteiger partial charge is 0.0620 e. The Morgan fingerprint density at radius 1 is 1.36 bits per heavy atom. The highest BCUT2D eigenvalue weighted by Crippen LogP contribution is 1.97. The Morgan fingerprint density at radius 2 is 2.29 bits per heavy atom. The van der Waals surface area contributed by atoms with Crippen molar-refractivity contribution in [1.82, 2.24) is 10.6 Å². The van der Waals surface area contributed by atoms with E-state index in [4.69, 9.17) is 4.74 Å². The molecule has 3 nitrogen and oxygen atoms in total. The predicted molar refractivity (Wildman–Crippen MR) is 59.6 cm³/mol. The Labute approximate surface area is 87.6 Å². The van der Waals surface area contributed by atoms with Gasteiger partial charge in [0, 0.05) is 12.6 Å². The zero-order valence-corrected chi connectivity index (χ0v) is 9.35. The van der Waals surface area contributed by atoms with Gasteiger partial charge in [0.15, 0.2) is 0 Å². The van der Waals surface area contributed by atoms with Gasteiger partial charge in [-0.25, -0.2) is 0 Å². The fourth-order valence-electron chi connectivity index (χ4n) is 1.71. The first-order valence-electron chi connectivity index (χ1n) is 5.95. The molecule has 2 N–H and O–H groups in total. The summed E-state index contributed by atoms with van der Waals surface area (Å²) < 4.78 is 5.39. The minimum atomic E-state index is 0.572. The molecule has 1 aliphatic rings. The van der Waals surface area contributed by atoms with Gasteiger partial charge >= 0.3 is 0 Å². The summed E-state index contributed by atoms with van der Waals surface area (Å²) in [4.78, 5) is 0. The first kappa shape index (κ1) is 12.0. The Hall–Kier alpha value is -0.120. The van der Waals surface area contributed by atoms with E-state index < -0.39 is 0 Å². The van der Waals surface area contributed by atoms with E-state index in [1.807, 2.05) is 0 Å². The van der Waals surface area contributed by atoms with Crippen LogP contribution < -0.4 is 10.6 Å². The summed E-state index contributed by atoms with van der Waals surface area (Å²) in [5.41, 5.74) is 0. The van der Waals surface area contributed by atoms with Crippen molar-refractivity contribution in [3.05, 3.63) is 0 Å². The quantitative estimate of drug-likeness (QED) is 0.605. The fraction of sp³-hybridized carbons (Fsp3) is 1.00. The van der Waals surface area contributed by atoms with Gasteiger partial charge < -0.3 is 15.4 Å². The van der Waals surface area contributed by atoms with Crippen LogP contribution in [0.4, 0.5) is 0 Å². The van der Waals surface area contributed by atoms with Crippen LogP contribution in [-0.4, -0.2) is 38.9 Å². The fourth-order valence-corrected chi connectivity index (χ4v) is 1.71. The van der Waals surface area contributed by atoms with Crippen molar-refractivity contribution in [3.63, 3.8) is 0 Å². The molecule has 0 aromatic heterocycles. The second-order valence-corrected chi connectivity index (χ2v) is 3.97. The summed E-state index contributed by atoms with van der Waals surface area (Å²) in [5.74, 6) is 0. The van der Waals surface area contributed by atoms with E-state index in [1.165, 1.54) is 32.2 Å². The minimum absolute atomic E-state index is 0.572. The minimum Gasteiger partial charge on any atom is -0.379 e. The SMILES string of the molecule is CCCCCNCCC1COCCN1. The predicted octanol–water partition coefficient (Wildman–Crippen LogP) is 1.14. The number of rotatable bonds is 7. The summed E-state index contributed by atoms with van der Waals surface area (Å²) in [6, 6.07) is 0.572. The zero-order valence-electron chi connectivity index (χ0n) is 9.35. The van der Waals surface area contributed by atoms with Crippen LogP contribution in [0.2, 0.25) is 0 Å². The molecule has 3 heteroatoms.